The molecule has 2 amide bonds. The summed E-state index contributed by atoms with van der Waals surface area (Å²) in [5.41, 5.74) is -7.43. The van der Waals surface area contributed by atoms with E-state index in [9.17, 15) is 40.3 Å². The van der Waals surface area contributed by atoms with Crippen molar-refractivity contribution in [2.75, 3.05) is 5.32 Å². The quantitative estimate of drug-likeness (QED) is 0.360. The highest BCUT2D eigenvalue weighted by Crippen LogP contribution is 2.53. The maximum Gasteiger partial charge on any atom is 0.435 e. The van der Waals surface area contributed by atoms with Crippen LogP contribution in [0.5, 0.6) is 0 Å². The molecule has 0 atom stereocenters. The number of amides is 2. The van der Waals surface area contributed by atoms with E-state index in [4.69, 9.17) is 0 Å². The van der Waals surface area contributed by atoms with Gasteiger partial charge in [-0.15, -0.1) is 0 Å². The lowest BCUT2D eigenvalue weighted by Gasteiger charge is -2.30. The summed E-state index contributed by atoms with van der Waals surface area (Å²) in [6.45, 7) is 4.55. The number of aryl methyl sites for hydroxylation is 1. The van der Waals surface area contributed by atoms with Gasteiger partial charge in [0.1, 0.15) is 0 Å². The van der Waals surface area contributed by atoms with Crippen molar-refractivity contribution in [3.05, 3.63) is 83.2 Å². The zero-order valence-corrected chi connectivity index (χ0v) is 19.8. The van der Waals surface area contributed by atoms with Crippen molar-refractivity contribution in [3.63, 3.8) is 0 Å². The number of hydrogen-bond donors (Lipinski definition) is 2. The number of hydrogen-bond acceptors (Lipinski definition) is 2. The SMILES string of the molecule is Cc1cc(C(F)(C(F)(F)F)C(F)(F)F)ccc1NC(=O)c1cccc(-n2cccc2)c1C(=O)NC(C)C. The molecule has 2 aromatic carbocycles. The minimum Gasteiger partial charge on any atom is -0.350 e. The van der Waals surface area contributed by atoms with E-state index in [0.29, 0.717) is 17.8 Å². The van der Waals surface area contributed by atoms with Gasteiger partial charge in [-0.25, -0.2) is 4.39 Å². The van der Waals surface area contributed by atoms with Gasteiger partial charge in [-0.2, -0.15) is 26.3 Å². The second-order valence-electron chi connectivity index (χ2n) is 8.56. The van der Waals surface area contributed by atoms with Crippen LogP contribution in [0.2, 0.25) is 0 Å². The summed E-state index contributed by atoms with van der Waals surface area (Å²) in [6.07, 6.45) is -9.23. The molecule has 1 aromatic heterocycles. The molecule has 0 unspecified atom stereocenters. The molecule has 0 fully saturated rings. The van der Waals surface area contributed by atoms with Gasteiger partial charge in [-0.05, 0) is 56.7 Å². The fraction of sp³-hybridized carbons (Fsp3) is 0.280. The van der Waals surface area contributed by atoms with Gasteiger partial charge in [0.25, 0.3) is 11.8 Å². The van der Waals surface area contributed by atoms with Crippen LogP contribution in [0.25, 0.3) is 5.69 Å². The lowest BCUT2D eigenvalue weighted by atomic mass is 9.92. The summed E-state index contributed by atoms with van der Waals surface area (Å²) >= 11 is 0. The van der Waals surface area contributed by atoms with Gasteiger partial charge in [0.05, 0.1) is 16.8 Å². The maximum absolute atomic E-state index is 14.4. The Bertz CT molecular complexity index is 1280. The average Bonchev–Trinajstić information content (AvgIpc) is 3.32. The smallest absolute Gasteiger partial charge is 0.350 e. The summed E-state index contributed by atoms with van der Waals surface area (Å²) in [4.78, 5) is 26.2. The molecule has 5 nitrogen and oxygen atoms in total. The van der Waals surface area contributed by atoms with Crippen molar-refractivity contribution in [2.24, 2.45) is 0 Å². The number of halogens is 7. The fourth-order valence-corrected chi connectivity index (χ4v) is 3.71. The lowest BCUT2D eigenvalue weighted by molar-refractivity contribution is -0.348. The highest BCUT2D eigenvalue weighted by atomic mass is 19.4. The van der Waals surface area contributed by atoms with Crippen molar-refractivity contribution >= 4 is 17.5 Å². The summed E-state index contributed by atoms with van der Waals surface area (Å²) in [5, 5.41) is 5.09. The van der Waals surface area contributed by atoms with E-state index in [0.717, 1.165) is 13.0 Å². The molecule has 12 heteroatoms. The molecular formula is C25H22F7N3O2. The van der Waals surface area contributed by atoms with E-state index in [2.05, 4.69) is 10.6 Å². The number of rotatable bonds is 6. The van der Waals surface area contributed by atoms with Gasteiger partial charge in [0, 0.05) is 29.7 Å². The second kappa shape index (κ2) is 9.91. The van der Waals surface area contributed by atoms with E-state index >= 15 is 0 Å². The van der Waals surface area contributed by atoms with Crippen LogP contribution in [0.4, 0.5) is 36.4 Å². The van der Waals surface area contributed by atoms with Crippen LogP contribution in [0.15, 0.2) is 60.9 Å². The predicted molar refractivity (Wildman–Crippen MR) is 122 cm³/mol. The summed E-state index contributed by atoms with van der Waals surface area (Å²) in [5.74, 6) is -1.42. The van der Waals surface area contributed by atoms with Gasteiger partial charge in [0.2, 0.25) is 0 Å². The number of alkyl halides is 7. The van der Waals surface area contributed by atoms with Crippen LogP contribution in [-0.4, -0.2) is 34.8 Å². The zero-order chi connectivity index (χ0) is 27.8. The van der Waals surface area contributed by atoms with Crippen molar-refractivity contribution in [1.82, 2.24) is 9.88 Å². The number of aromatic nitrogens is 1. The largest absolute Gasteiger partial charge is 0.435 e. The molecule has 0 saturated heterocycles. The minimum absolute atomic E-state index is 0.00362. The highest BCUT2D eigenvalue weighted by Gasteiger charge is 2.73. The Hall–Kier alpha value is -3.83. The minimum atomic E-state index is -6.26. The van der Waals surface area contributed by atoms with Crippen LogP contribution in [-0.2, 0) is 5.67 Å². The number of benzene rings is 2. The molecule has 3 aromatic rings. The zero-order valence-electron chi connectivity index (χ0n) is 19.8. The molecular weight excluding hydrogens is 507 g/mol. The number of anilines is 1. The van der Waals surface area contributed by atoms with Gasteiger partial charge in [-0.3, -0.25) is 9.59 Å². The number of carbonyl (C=O) groups is 2. The van der Waals surface area contributed by atoms with E-state index < -0.39 is 35.4 Å². The molecule has 0 bridgehead atoms. The number of nitrogens with zero attached hydrogens (tertiary/aromatic N) is 1. The van der Waals surface area contributed by atoms with Gasteiger partial charge in [0.15, 0.2) is 0 Å². The Morgan fingerprint density at radius 2 is 1.43 bits per heavy atom. The molecule has 0 saturated carbocycles. The Balaban J connectivity index is 2.03. The molecule has 2 N–H and O–H groups in total. The van der Waals surface area contributed by atoms with Gasteiger partial charge in [-0.1, -0.05) is 18.2 Å². The first-order chi connectivity index (χ1) is 17.1. The first kappa shape index (κ1) is 27.8. The molecule has 0 aliphatic carbocycles. The average molecular weight is 529 g/mol. The summed E-state index contributed by atoms with van der Waals surface area (Å²) in [6, 6.07) is 9.02. The first-order valence-corrected chi connectivity index (χ1v) is 10.9. The monoisotopic (exact) mass is 529 g/mol. The molecule has 37 heavy (non-hydrogen) atoms. The predicted octanol–water partition coefficient (Wildman–Crippen LogP) is 6.47. The van der Waals surface area contributed by atoms with Crippen LogP contribution >= 0.6 is 0 Å². The Kier molecular flexibility index (Phi) is 7.43. The van der Waals surface area contributed by atoms with E-state index in [1.54, 1.807) is 49.0 Å². The molecule has 3 rings (SSSR count). The standard InChI is InChI=1S/C25H22F7N3O2/c1-14(2)33-22(37)20-17(7-6-8-19(20)35-11-4-5-12-35)21(36)34-18-10-9-16(13-15(18)3)23(26,24(27,28)29)25(30,31)32/h4-14H,1-3H3,(H,33,37)(H,34,36). The Morgan fingerprint density at radius 1 is 0.838 bits per heavy atom. The Labute approximate surface area is 207 Å². The summed E-state index contributed by atoms with van der Waals surface area (Å²) < 4.78 is 94.7. The van der Waals surface area contributed by atoms with Crippen LogP contribution in [0, 0.1) is 6.92 Å². The van der Waals surface area contributed by atoms with Crippen LogP contribution in [0.1, 0.15) is 45.7 Å². The fourth-order valence-electron chi connectivity index (χ4n) is 3.71. The van der Waals surface area contributed by atoms with E-state index in [1.165, 1.54) is 12.1 Å². The molecule has 0 spiro atoms. The summed E-state index contributed by atoms with van der Waals surface area (Å²) in [7, 11) is 0. The van der Waals surface area contributed by atoms with Crippen molar-refractivity contribution in [2.45, 2.75) is 44.8 Å². The molecule has 198 valence electrons. The topological polar surface area (TPSA) is 63.1 Å². The van der Waals surface area contributed by atoms with Crippen molar-refractivity contribution in [1.29, 1.82) is 0 Å². The van der Waals surface area contributed by atoms with Crippen LogP contribution < -0.4 is 10.6 Å². The molecule has 1 heterocycles. The third-order valence-corrected chi connectivity index (χ3v) is 5.47. The van der Waals surface area contributed by atoms with Gasteiger partial charge < -0.3 is 15.2 Å². The molecule has 0 radical (unpaired) electrons. The normalized spacial score (nSPS) is 12.5. The third kappa shape index (κ3) is 5.32. The van der Waals surface area contributed by atoms with E-state index in [-0.39, 0.29) is 28.4 Å². The van der Waals surface area contributed by atoms with E-state index in [1.807, 2.05) is 0 Å². The maximum atomic E-state index is 14.4. The number of nitrogens with one attached hydrogen (secondary N) is 2. The first-order valence-electron chi connectivity index (χ1n) is 10.9. The van der Waals surface area contributed by atoms with Crippen molar-refractivity contribution < 1.29 is 40.3 Å². The third-order valence-electron chi connectivity index (χ3n) is 5.47. The molecule has 0 aliphatic heterocycles. The Morgan fingerprint density at radius 3 is 1.95 bits per heavy atom. The highest BCUT2D eigenvalue weighted by molar-refractivity contribution is 6.14. The lowest BCUT2D eigenvalue weighted by Crippen LogP contribution is -2.50. The number of carbonyl (C=O) groups excluding carboxylic acids is 2. The second-order valence-corrected chi connectivity index (χ2v) is 8.56. The van der Waals surface area contributed by atoms with Gasteiger partial charge >= 0.3 is 18.0 Å². The van der Waals surface area contributed by atoms with Crippen molar-refractivity contribution in [3.8, 4) is 5.69 Å². The van der Waals surface area contributed by atoms with Crippen LogP contribution in [0.3, 0.4) is 0 Å². The molecule has 0 aliphatic rings.